The summed E-state index contributed by atoms with van der Waals surface area (Å²) >= 11 is 0. The van der Waals surface area contributed by atoms with Crippen molar-refractivity contribution in [1.82, 2.24) is 0 Å². The Hall–Kier alpha value is -12.9. The van der Waals surface area contributed by atoms with Gasteiger partial charge in [0, 0.05) is 44.8 Å². The number of aryl methyl sites for hydroxylation is 1. The Labute approximate surface area is 632 Å². The number of nitrogens with zero attached hydrogens (tertiary/aromatic N) is 2. The van der Waals surface area contributed by atoms with Gasteiger partial charge < -0.3 is 9.80 Å². The fraction of sp³-hybridized carbons (Fsp3) is 0.0943. The SMILES string of the molecule is Cc1ccc2c(c1)C1(c3ccccc3-c3ccccc31)c1cc(N(c3ccc(-c4ccc(Cc5ccc6c(c5)C5(c7ccccc7-c7ccccc75)c5cc(N(c7ccc8c(c7)C(C)(C)c7ccccc7-8)c7ccccc7-c7ccccc7)ccc5-6)cc4)cc3)c3ccc4c(c3)C(C)(C)c3ccccc3-4)ccc1-2. The second-order valence-corrected chi connectivity index (χ2v) is 31.8. The summed E-state index contributed by atoms with van der Waals surface area (Å²) in [5.74, 6) is 0. The maximum absolute atomic E-state index is 2.56. The predicted molar refractivity (Wildman–Crippen MR) is 448 cm³/mol. The van der Waals surface area contributed by atoms with Gasteiger partial charge in [-0.05, 0) is 241 Å². The molecular weight excluding hydrogens is 1300 g/mol. The Balaban J connectivity index is 0.631. The highest BCUT2D eigenvalue weighted by atomic mass is 15.2. The monoisotopic (exact) mass is 1380 g/mol. The first-order valence-corrected chi connectivity index (χ1v) is 38.3. The van der Waals surface area contributed by atoms with E-state index in [1.54, 1.807) is 0 Å². The van der Waals surface area contributed by atoms with E-state index in [9.17, 15) is 0 Å². The number of fused-ring (bicyclic) bond motifs is 26. The van der Waals surface area contributed by atoms with Crippen LogP contribution in [0, 0.1) is 6.92 Å². The molecule has 2 spiro atoms. The molecule has 16 aromatic carbocycles. The summed E-state index contributed by atoms with van der Waals surface area (Å²) in [6.45, 7) is 11.8. The van der Waals surface area contributed by atoms with Crippen molar-refractivity contribution in [2.75, 3.05) is 9.80 Å². The van der Waals surface area contributed by atoms with Crippen LogP contribution in [0.3, 0.4) is 0 Å². The second kappa shape index (κ2) is 23.1. The normalized spacial score (nSPS) is 14.7. The fourth-order valence-corrected chi connectivity index (χ4v) is 20.7. The Morgan fingerprint density at radius 3 is 0.972 bits per heavy atom. The van der Waals surface area contributed by atoms with Crippen LogP contribution in [0.2, 0.25) is 0 Å². The Morgan fingerprint density at radius 1 is 0.204 bits per heavy atom. The van der Waals surface area contributed by atoms with Crippen molar-refractivity contribution in [2.45, 2.75) is 62.7 Å². The van der Waals surface area contributed by atoms with Gasteiger partial charge in [0.25, 0.3) is 0 Å². The number of rotatable bonds is 10. The Bertz CT molecular complexity index is 6390. The third kappa shape index (κ3) is 8.66. The van der Waals surface area contributed by atoms with E-state index in [4.69, 9.17) is 0 Å². The molecule has 0 amide bonds. The molecule has 2 heteroatoms. The van der Waals surface area contributed by atoms with Gasteiger partial charge in [-0.15, -0.1) is 0 Å². The zero-order chi connectivity index (χ0) is 71.9. The summed E-state index contributed by atoms with van der Waals surface area (Å²) in [5, 5.41) is 0. The van der Waals surface area contributed by atoms with Crippen LogP contribution in [0.5, 0.6) is 0 Å². The van der Waals surface area contributed by atoms with Crippen LogP contribution < -0.4 is 9.80 Å². The van der Waals surface area contributed by atoms with E-state index in [0.29, 0.717) is 0 Å². The van der Waals surface area contributed by atoms with Crippen LogP contribution in [-0.2, 0) is 28.1 Å². The molecular formula is C106H76N2. The number of benzene rings is 16. The van der Waals surface area contributed by atoms with Crippen molar-refractivity contribution < 1.29 is 0 Å². The molecule has 0 saturated heterocycles. The molecule has 0 saturated carbocycles. The summed E-state index contributed by atoms with van der Waals surface area (Å²) in [5.41, 5.74) is 45.7. The summed E-state index contributed by atoms with van der Waals surface area (Å²) in [6, 6.07) is 137. The van der Waals surface area contributed by atoms with Crippen molar-refractivity contribution in [3.05, 3.63) is 441 Å². The Kier molecular flexibility index (Phi) is 13.3. The molecule has 510 valence electrons. The maximum Gasteiger partial charge on any atom is 0.0726 e. The van der Waals surface area contributed by atoms with E-state index in [1.165, 1.54) is 172 Å². The van der Waals surface area contributed by atoms with Crippen molar-refractivity contribution in [1.29, 1.82) is 0 Å². The van der Waals surface area contributed by atoms with Crippen molar-refractivity contribution >= 4 is 34.1 Å². The number of para-hydroxylation sites is 1. The van der Waals surface area contributed by atoms with E-state index in [-0.39, 0.29) is 10.8 Å². The van der Waals surface area contributed by atoms with E-state index >= 15 is 0 Å². The molecule has 2 nitrogen and oxygen atoms in total. The molecule has 22 rings (SSSR count). The van der Waals surface area contributed by atoms with Crippen LogP contribution in [-0.4, -0.2) is 0 Å². The molecule has 0 bridgehead atoms. The largest absolute Gasteiger partial charge is 0.310 e. The van der Waals surface area contributed by atoms with Crippen molar-refractivity contribution in [3.63, 3.8) is 0 Å². The summed E-state index contributed by atoms with van der Waals surface area (Å²) in [6.07, 6.45) is 0.789. The molecule has 0 aliphatic heterocycles. The second-order valence-electron chi connectivity index (χ2n) is 31.8. The average Bonchev–Trinajstić information content (AvgIpc) is 1.51. The van der Waals surface area contributed by atoms with Crippen LogP contribution in [0.1, 0.15) is 111 Å². The molecule has 0 fully saturated rings. The van der Waals surface area contributed by atoms with Gasteiger partial charge in [0.2, 0.25) is 0 Å². The predicted octanol–water partition coefficient (Wildman–Crippen LogP) is 27.2. The van der Waals surface area contributed by atoms with Gasteiger partial charge in [-0.1, -0.05) is 324 Å². The van der Waals surface area contributed by atoms with Gasteiger partial charge in [0.15, 0.2) is 0 Å². The highest BCUT2D eigenvalue weighted by Crippen LogP contribution is 2.66. The summed E-state index contributed by atoms with van der Waals surface area (Å²) < 4.78 is 0. The lowest BCUT2D eigenvalue weighted by Crippen LogP contribution is -2.26. The van der Waals surface area contributed by atoms with Gasteiger partial charge in [-0.2, -0.15) is 0 Å². The minimum Gasteiger partial charge on any atom is -0.310 e. The van der Waals surface area contributed by atoms with Gasteiger partial charge >= 0.3 is 0 Å². The van der Waals surface area contributed by atoms with E-state index < -0.39 is 10.8 Å². The first-order chi connectivity index (χ1) is 53.0. The number of anilines is 6. The highest BCUT2D eigenvalue weighted by molar-refractivity contribution is 6.00. The zero-order valence-electron chi connectivity index (χ0n) is 61.2. The molecule has 16 aromatic rings. The van der Waals surface area contributed by atoms with Gasteiger partial charge in [0.1, 0.15) is 0 Å². The molecule has 6 aliphatic rings. The average molecular weight is 1380 g/mol. The molecule has 0 radical (unpaired) electrons. The van der Waals surface area contributed by atoms with Gasteiger partial charge in [-0.25, -0.2) is 0 Å². The van der Waals surface area contributed by atoms with Crippen LogP contribution >= 0.6 is 0 Å². The highest BCUT2D eigenvalue weighted by Gasteiger charge is 2.54. The lowest BCUT2D eigenvalue weighted by molar-refractivity contribution is 0.660. The summed E-state index contributed by atoms with van der Waals surface area (Å²) in [4.78, 5) is 5.05. The molecule has 0 atom stereocenters. The third-order valence-corrected chi connectivity index (χ3v) is 25.6. The van der Waals surface area contributed by atoms with Crippen LogP contribution in [0.15, 0.2) is 358 Å². The minimum absolute atomic E-state index is 0.173. The van der Waals surface area contributed by atoms with E-state index in [1.807, 2.05) is 0 Å². The molecule has 6 aliphatic carbocycles. The van der Waals surface area contributed by atoms with Crippen LogP contribution in [0.4, 0.5) is 34.1 Å². The number of hydrogen-bond acceptors (Lipinski definition) is 2. The first-order valence-electron chi connectivity index (χ1n) is 38.3. The molecule has 0 N–H and O–H groups in total. The standard InChI is InChI=1S/C106H76N2/c1-66-39-53-86-88-57-50-74(64-100(88)105(98(86)59-66)92-34-18-11-28-80(92)81-29-12-19-35-93(81)105)107(73-49-55-84-78-26-9-16-32-90(78)103(2,3)96(84)62-73)72-47-45-70(46-48-72)69-43-40-67(41-44-69)60-68-42-54-87-89-58-52-76(65-101(89)106(99(87)61-68)94-36-20-13-30-82(94)83-31-14-21-37-95(83)106)108(102-38-22-15-25-77(102)71-23-7-6-8-24-71)75-51-56-85-79-27-10-17-33-91(79)104(4,5)97(85)63-75/h6-59,61-65H,60H2,1-5H3. The zero-order valence-corrected chi connectivity index (χ0v) is 61.2. The lowest BCUT2D eigenvalue weighted by atomic mass is 9.70. The van der Waals surface area contributed by atoms with Gasteiger partial charge in [0.05, 0.1) is 16.5 Å². The van der Waals surface area contributed by atoms with Crippen LogP contribution in [0.25, 0.3) is 89.0 Å². The molecule has 0 aromatic heterocycles. The quantitative estimate of drug-likeness (QED) is 0.135. The Morgan fingerprint density at radius 2 is 0.509 bits per heavy atom. The first kappa shape index (κ1) is 62.5. The molecule has 0 heterocycles. The van der Waals surface area contributed by atoms with Crippen molar-refractivity contribution in [2.24, 2.45) is 0 Å². The maximum atomic E-state index is 2.56. The smallest absolute Gasteiger partial charge is 0.0726 e. The fourth-order valence-electron chi connectivity index (χ4n) is 20.7. The van der Waals surface area contributed by atoms with E-state index in [0.717, 1.165) is 40.5 Å². The van der Waals surface area contributed by atoms with E-state index in [2.05, 4.69) is 402 Å². The summed E-state index contributed by atoms with van der Waals surface area (Å²) in [7, 11) is 0. The van der Waals surface area contributed by atoms with Crippen molar-refractivity contribution in [3.8, 4) is 89.0 Å². The topological polar surface area (TPSA) is 6.48 Å². The third-order valence-electron chi connectivity index (χ3n) is 25.6. The minimum atomic E-state index is -0.577. The van der Waals surface area contributed by atoms with Gasteiger partial charge in [-0.3, -0.25) is 0 Å². The molecule has 0 unspecified atom stereocenters. The number of hydrogen-bond donors (Lipinski definition) is 0. The lowest BCUT2D eigenvalue weighted by Gasteiger charge is -2.33. The molecule has 108 heavy (non-hydrogen) atoms.